The number of hydrogen-bond acceptors (Lipinski definition) is 3. The molecular weight excluding hydrogens is 202 g/mol. The number of nitrogens with zero attached hydrogens (tertiary/aromatic N) is 1. The van der Waals surface area contributed by atoms with Crippen molar-refractivity contribution in [3.63, 3.8) is 0 Å². The Kier molecular flexibility index (Phi) is 2.91. The van der Waals surface area contributed by atoms with Crippen molar-refractivity contribution in [2.45, 2.75) is 32.0 Å². The molecule has 16 heavy (non-hydrogen) atoms. The molecule has 86 valence electrons. The van der Waals surface area contributed by atoms with Gasteiger partial charge in [0.1, 0.15) is 0 Å². The molecule has 0 spiro atoms. The standard InChI is InChI=1S/C13H17NO2/c1-2-4-12-10-14(9-11(12)3-1)16-13-5-7-15-8-6-13/h1-4,13H,5-10H2. The van der Waals surface area contributed by atoms with Crippen LogP contribution in [0.4, 0.5) is 0 Å². The first-order chi connectivity index (χ1) is 7.92. The highest BCUT2D eigenvalue weighted by atomic mass is 16.7. The van der Waals surface area contributed by atoms with E-state index in [1.54, 1.807) is 0 Å². The van der Waals surface area contributed by atoms with Crippen molar-refractivity contribution in [2.75, 3.05) is 13.2 Å². The van der Waals surface area contributed by atoms with Gasteiger partial charge in [0.2, 0.25) is 0 Å². The van der Waals surface area contributed by atoms with E-state index >= 15 is 0 Å². The van der Waals surface area contributed by atoms with Crippen LogP contribution in [0.15, 0.2) is 24.3 Å². The van der Waals surface area contributed by atoms with Crippen LogP contribution in [0.25, 0.3) is 0 Å². The molecule has 2 aliphatic heterocycles. The monoisotopic (exact) mass is 219 g/mol. The second-order valence-electron chi connectivity index (χ2n) is 4.48. The van der Waals surface area contributed by atoms with Gasteiger partial charge in [-0.15, -0.1) is 0 Å². The van der Waals surface area contributed by atoms with Crippen LogP contribution in [-0.2, 0) is 22.7 Å². The van der Waals surface area contributed by atoms with Crippen LogP contribution in [0.1, 0.15) is 24.0 Å². The maximum atomic E-state index is 5.99. The average molecular weight is 219 g/mol. The normalized spacial score (nSPS) is 22.2. The lowest BCUT2D eigenvalue weighted by Gasteiger charge is -2.26. The number of hydroxylamine groups is 2. The van der Waals surface area contributed by atoms with E-state index in [9.17, 15) is 0 Å². The van der Waals surface area contributed by atoms with E-state index in [0.29, 0.717) is 6.10 Å². The van der Waals surface area contributed by atoms with Gasteiger partial charge in [-0.2, -0.15) is 5.06 Å². The Bertz CT molecular complexity index is 336. The fourth-order valence-electron chi connectivity index (χ4n) is 2.37. The summed E-state index contributed by atoms with van der Waals surface area (Å²) < 4.78 is 5.33. The fraction of sp³-hybridized carbons (Fsp3) is 0.538. The van der Waals surface area contributed by atoms with E-state index in [1.165, 1.54) is 11.1 Å². The molecule has 1 saturated heterocycles. The molecule has 0 saturated carbocycles. The third-order valence-corrected chi connectivity index (χ3v) is 3.28. The van der Waals surface area contributed by atoms with Gasteiger partial charge in [-0.1, -0.05) is 24.3 Å². The van der Waals surface area contributed by atoms with E-state index in [2.05, 4.69) is 29.3 Å². The van der Waals surface area contributed by atoms with Crippen molar-refractivity contribution in [1.82, 2.24) is 5.06 Å². The zero-order chi connectivity index (χ0) is 10.8. The van der Waals surface area contributed by atoms with E-state index in [1.807, 2.05) is 0 Å². The Morgan fingerprint density at radius 2 is 1.69 bits per heavy atom. The molecule has 0 radical (unpaired) electrons. The Hall–Kier alpha value is -0.900. The summed E-state index contributed by atoms with van der Waals surface area (Å²) in [7, 11) is 0. The molecule has 3 rings (SSSR count). The van der Waals surface area contributed by atoms with Crippen LogP contribution in [-0.4, -0.2) is 24.4 Å². The number of hydrogen-bond donors (Lipinski definition) is 0. The number of benzene rings is 1. The first kappa shape index (κ1) is 10.3. The summed E-state index contributed by atoms with van der Waals surface area (Å²) in [5, 5.41) is 2.08. The van der Waals surface area contributed by atoms with Gasteiger partial charge in [0.15, 0.2) is 0 Å². The van der Waals surface area contributed by atoms with Crippen molar-refractivity contribution in [1.29, 1.82) is 0 Å². The Balaban J connectivity index is 1.59. The van der Waals surface area contributed by atoms with Gasteiger partial charge in [-0.25, -0.2) is 0 Å². The van der Waals surface area contributed by atoms with E-state index in [0.717, 1.165) is 39.1 Å². The third kappa shape index (κ3) is 2.12. The van der Waals surface area contributed by atoms with Crippen LogP contribution in [0.2, 0.25) is 0 Å². The molecule has 3 heteroatoms. The van der Waals surface area contributed by atoms with Crippen molar-refractivity contribution in [3.05, 3.63) is 35.4 Å². The first-order valence-electron chi connectivity index (χ1n) is 5.98. The summed E-state index contributed by atoms with van der Waals surface area (Å²) in [6, 6.07) is 8.55. The quantitative estimate of drug-likeness (QED) is 0.760. The van der Waals surface area contributed by atoms with Gasteiger partial charge in [0.05, 0.1) is 6.10 Å². The molecule has 1 fully saturated rings. The van der Waals surface area contributed by atoms with Crippen molar-refractivity contribution < 1.29 is 9.57 Å². The molecule has 0 unspecified atom stereocenters. The van der Waals surface area contributed by atoms with Crippen LogP contribution < -0.4 is 0 Å². The van der Waals surface area contributed by atoms with Gasteiger partial charge in [0.25, 0.3) is 0 Å². The van der Waals surface area contributed by atoms with Crippen LogP contribution in [0.5, 0.6) is 0 Å². The third-order valence-electron chi connectivity index (χ3n) is 3.28. The zero-order valence-electron chi connectivity index (χ0n) is 9.39. The minimum Gasteiger partial charge on any atom is -0.381 e. The molecule has 1 aromatic rings. The van der Waals surface area contributed by atoms with Gasteiger partial charge in [-0.05, 0) is 24.0 Å². The molecule has 0 amide bonds. The van der Waals surface area contributed by atoms with Crippen LogP contribution in [0.3, 0.4) is 0 Å². The summed E-state index contributed by atoms with van der Waals surface area (Å²) in [6.07, 6.45) is 2.39. The molecule has 0 aliphatic carbocycles. The van der Waals surface area contributed by atoms with Crippen molar-refractivity contribution in [2.24, 2.45) is 0 Å². The molecule has 2 aliphatic rings. The molecule has 3 nitrogen and oxygen atoms in total. The van der Waals surface area contributed by atoms with E-state index < -0.39 is 0 Å². The number of ether oxygens (including phenoxy) is 1. The maximum absolute atomic E-state index is 5.99. The zero-order valence-corrected chi connectivity index (χ0v) is 9.39. The lowest BCUT2D eigenvalue weighted by Crippen LogP contribution is -2.30. The van der Waals surface area contributed by atoms with Gasteiger partial charge in [-0.3, -0.25) is 4.84 Å². The second kappa shape index (κ2) is 4.53. The minimum absolute atomic E-state index is 0.350. The molecule has 1 aromatic carbocycles. The van der Waals surface area contributed by atoms with E-state index in [4.69, 9.17) is 9.57 Å². The highest BCUT2D eigenvalue weighted by Crippen LogP contribution is 2.24. The average Bonchev–Trinajstić information content (AvgIpc) is 2.72. The van der Waals surface area contributed by atoms with Crippen molar-refractivity contribution in [3.8, 4) is 0 Å². The Morgan fingerprint density at radius 1 is 1.06 bits per heavy atom. The van der Waals surface area contributed by atoms with Crippen LogP contribution in [0, 0.1) is 0 Å². The SMILES string of the molecule is c1ccc2c(c1)CN(OC1CCOCC1)C2. The summed E-state index contributed by atoms with van der Waals surface area (Å²) in [5.74, 6) is 0. The molecule has 0 N–H and O–H groups in total. The molecular formula is C13H17NO2. The lowest BCUT2D eigenvalue weighted by molar-refractivity contribution is -0.220. The number of fused-ring (bicyclic) bond motifs is 1. The summed E-state index contributed by atoms with van der Waals surface area (Å²) in [5.41, 5.74) is 2.80. The van der Waals surface area contributed by atoms with Crippen LogP contribution >= 0.6 is 0 Å². The summed E-state index contributed by atoms with van der Waals surface area (Å²) in [6.45, 7) is 3.53. The Labute approximate surface area is 95.9 Å². The van der Waals surface area contributed by atoms with Gasteiger partial charge < -0.3 is 4.74 Å². The lowest BCUT2D eigenvalue weighted by atomic mass is 10.1. The molecule has 2 heterocycles. The van der Waals surface area contributed by atoms with Gasteiger partial charge >= 0.3 is 0 Å². The molecule has 0 bridgehead atoms. The first-order valence-corrected chi connectivity index (χ1v) is 5.98. The maximum Gasteiger partial charge on any atom is 0.0837 e. The molecule has 0 aromatic heterocycles. The number of rotatable bonds is 2. The topological polar surface area (TPSA) is 21.7 Å². The predicted molar refractivity (Wildman–Crippen MR) is 60.6 cm³/mol. The predicted octanol–water partition coefficient (Wildman–Crippen LogP) is 2.11. The molecule has 0 atom stereocenters. The highest BCUT2D eigenvalue weighted by molar-refractivity contribution is 5.29. The minimum atomic E-state index is 0.350. The largest absolute Gasteiger partial charge is 0.381 e. The highest BCUT2D eigenvalue weighted by Gasteiger charge is 2.23. The Morgan fingerprint density at radius 3 is 2.31 bits per heavy atom. The summed E-state index contributed by atoms with van der Waals surface area (Å²) in [4.78, 5) is 5.99. The van der Waals surface area contributed by atoms with E-state index in [-0.39, 0.29) is 0 Å². The van der Waals surface area contributed by atoms with Crippen molar-refractivity contribution >= 4 is 0 Å². The second-order valence-corrected chi connectivity index (χ2v) is 4.48. The fourth-order valence-corrected chi connectivity index (χ4v) is 2.37. The van der Waals surface area contributed by atoms with Gasteiger partial charge in [0, 0.05) is 26.3 Å². The summed E-state index contributed by atoms with van der Waals surface area (Å²) >= 11 is 0. The smallest absolute Gasteiger partial charge is 0.0837 e.